The van der Waals surface area contributed by atoms with Crippen LogP contribution in [-0.4, -0.2) is 0 Å². The van der Waals surface area contributed by atoms with Crippen molar-refractivity contribution in [2.24, 2.45) is 10.8 Å². The number of hydrogen-bond acceptors (Lipinski definition) is 1. The molecule has 1 aliphatic rings. The number of hydrogen-bond donors (Lipinski definition) is 0. The topological polar surface area (TPSA) is 9.23 Å². The maximum Gasteiger partial charge on any atom is 0.131 e. The lowest BCUT2D eigenvalue weighted by atomic mass is 9.74. The summed E-state index contributed by atoms with van der Waals surface area (Å²) in [4.78, 5) is 0. The summed E-state index contributed by atoms with van der Waals surface area (Å²) in [5.74, 6) is 2.03. The molecule has 0 aliphatic carbocycles. The molecule has 1 nitrogen and oxygen atoms in total. The Hall–Kier alpha value is -1.76. The van der Waals surface area contributed by atoms with E-state index in [2.05, 4.69) is 91.8 Å². The van der Waals surface area contributed by atoms with Crippen LogP contribution in [0.4, 0.5) is 0 Å². The highest BCUT2D eigenvalue weighted by Gasteiger charge is 2.34. The third kappa shape index (κ3) is 4.80. The Balaban J connectivity index is 1.90. The molecule has 0 spiro atoms. The normalized spacial score (nSPS) is 15.6. The Kier molecular flexibility index (Phi) is 5.42. The molecule has 0 saturated carbocycles. The fourth-order valence-electron chi connectivity index (χ4n) is 3.92. The van der Waals surface area contributed by atoms with Crippen LogP contribution in [0.1, 0.15) is 90.5 Å². The molecule has 28 heavy (non-hydrogen) atoms. The molecule has 2 aromatic rings. The molecule has 0 radical (unpaired) electrons. The number of rotatable bonds is 4. The second-order valence-electron chi connectivity index (χ2n) is 11.5. The summed E-state index contributed by atoms with van der Waals surface area (Å²) in [5.41, 5.74) is 6.14. The van der Waals surface area contributed by atoms with Crippen molar-refractivity contribution < 1.29 is 4.74 Å². The fourth-order valence-corrected chi connectivity index (χ4v) is 3.92. The van der Waals surface area contributed by atoms with E-state index >= 15 is 0 Å². The summed E-state index contributed by atoms with van der Waals surface area (Å²) in [5, 5.41) is 0. The maximum atomic E-state index is 6.31. The molecule has 1 aliphatic heterocycles. The number of ether oxygens (including phenoxy) is 1. The van der Waals surface area contributed by atoms with Crippen molar-refractivity contribution in [2.45, 2.75) is 86.5 Å². The highest BCUT2D eigenvalue weighted by molar-refractivity contribution is 5.58. The summed E-state index contributed by atoms with van der Waals surface area (Å²) < 4.78 is 6.31. The van der Waals surface area contributed by atoms with E-state index in [0.717, 1.165) is 24.3 Å². The monoisotopic (exact) mass is 378 g/mol. The van der Waals surface area contributed by atoms with E-state index in [9.17, 15) is 0 Å². The van der Waals surface area contributed by atoms with Gasteiger partial charge in [-0.2, -0.15) is 0 Å². The molecule has 0 aromatic heterocycles. The van der Waals surface area contributed by atoms with E-state index in [1.807, 2.05) is 0 Å². The van der Waals surface area contributed by atoms with Gasteiger partial charge < -0.3 is 4.74 Å². The van der Waals surface area contributed by atoms with Crippen LogP contribution < -0.4 is 4.74 Å². The van der Waals surface area contributed by atoms with Gasteiger partial charge in [0.2, 0.25) is 0 Å². The van der Waals surface area contributed by atoms with Gasteiger partial charge in [0, 0.05) is 16.5 Å². The molecule has 0 N–H and O–H groups in total. The molecular formula is C27H38O. The average molecular weight is 379 g/mol. The smallest absolute Gasteiger partial charge is 0.131 e. The van der Waals surface area contributed by atoms with Gasteiger partial charge in [0.1, 0.15) is 11.5 Å². The van der Waals surface area contributed by atoms with E-state index in [0.29, 0.717) is 10.8 Å². The van der Waals surface area contributed by atoms with Crippen molar-refractivity contribution in [2.75, 3.05) is 0 Å². The molecule has 1 heterocycles. The summed E-state index contributed by atoms with van der Waals surface area (Å²) in [6.45, 7) is 18.6. The molecule has 0 bridgehead atoms. The van der Waals surface area contributed by atoms with Crippen LogP contribution in [0.3, 0.4) is 0 Å². The molecule has 152 valence electrons. The molecule has 2 aromatic carbocycles. The lowest BCUT2D eigenvalue weighted by Gasteiger charge is -2.35. The van der Waals surface area contributed by atoms with Gasteiger partial charge in [0.25, 0.3) is 0 Å². The first-order valence-electron chi connectivity index (χ1n) is 10.8. The quantitative estimate of drug-likeness (QED) is 0.522. The third-order valence-electron chi connectivity index (χ3n) is 5.98. The standard InChI is InChI=1S/C27H38O/c1-25(2,3)15-13-19-9-11-23-21(17-19)27(7,8)22-18-20(10-12-24(22)28-23)14-16-26(4,5)6/h9-12,17-18H,13-16H2,1-8H3. The van der Waals surface area contributed by atoms with Gasteiger partial charge in [0.05, 0.1) is 0 Å². The predicted octanol–water partition coefficient (Wildman–Crippen LogP) is 8.08. The number of aryl methyl sites for hydroxylation is 2. The Morgan fingerprint density at radius 2 is 1.07 bits per heavy atom. The molecular weight excluding hydrogens is 340 g/mol. The zero-order valence-corrected chi connectivity index (χ0v) is 19.2. The minimum atomic E-state index is -0.0433. The van der Waals surface area contributed by atoms with Gasteiger partial charge >= 0.3 is 0 Å². The van der Waals surface area contributed by atoms with Crippen LogP contribution in [0, 0.1) is 10.8 Å². The Bertz CT molecular complexity index is 774. The van der Waals surface area contributed by atoms with E-state index in [4.69, 9.17) is 4.74 Å². The van der Waals surface area contributed by atoms with Crippen LogP contribution in [0.15, 0.2) is 36.4 Å². The average Bonchev–Trinajstić information content (AvgIpc) is 2.57. The number of benzene rings is 2. The highest BCUT2D eigenvalue weighted by Crippen LogP contribution is 2.48. The first kappa shape index (κ1) is 21.0. The predicted molar refractivity (Wildman–Crippen MR) is 121 cm³/mol. The van der Waals surface area contributed by atoms with Crippen LogP contribution in [0.5, 0.6) is 11.5 Å². The van der Waals surface area contributed by atoms with Crippen molar-refractivity contribution in [3.8, 4) is 11.5 Å². The zero-order valence-electron chi connectivity index (χ0n) is 19.2. The Morgan fingerprint density at radius 3 is 1.43 bits per heavy atom. The van der Waals surface area contributed by atoms with Crippen LogP contribution in [0.2, 0.25) is 0 Å². The van der Waals surface area contributed by atoms with Gasteiger partial charge in [-0.25, -0.2) is 0 Å². The molecule has 1 heteroatoms. The molecule has 0 amide bonds. The van der Waals surface area contributed by atoms with Crippen LogP contribution in [-0.2, 0) is 18.3 Å². The van der Waals surface area contributed by atoms with Gasteiger partial charge in [-0.05, 0) is 59.8 Å². The lowest BCUT2D eigenvalue weighted by molar-refractivity contribution is 0.377. The summed E-state index contributed by atoms with van der Waals surface area (Å²) >= 11 is 0. The van der Waals surface area contributed by atoms with Crippen molar-refractivity contribution in [1.82, 2.24) is 0 Å². The molecule has 0 atom stereocenters. The van der Waals surface area contributed by atoms with Crippen molar-refractivity contribution in [1.29, 1.82) is 0 Å². The van der Waals surface area contributed by atoms with E-state index in [-0.39, 0.29) is 5.41 Å². The summed E-state index contributed by atoms with van der Waals surface area (Å²) in [7, 11) is 0. The third-order valence-corrected chi connectivity index (χ3v) is 5.98. The van der Waals surface area contributed by atoms with Gasteiger partial charge in [-0.15, -0.1) is 0 Å². The number of fused-ring (bicyclic) bond motifs is 2. The summed E-state index contributed by atoms with van der Waals surface area (Å²) in [6, 6.07) is 13.6. The van der Waals surface area contributed by atoms with Crippen LogP contribution >= 0.6 is 0 Å². The SMILES string of the molecule is CC(C)(C)CCc1ccc2c(c1)C(C)(C)c1cc(CCC(C)(C)C)ccc1O2. The van der Waals surface area contributed by atoms with Gasteiger partial charge in [-0.3, -0.25) is 0 Å². The maximum absolute atomic E-state index is 6.31. The van der Waals surface area contributed by atoms with E-state index in [1.54, 1.807) is 0 Å². The molecule has 0 fully saturated rings. The fraction of sp³-hybridized carbons (Fsp3) is 0.556. The minimum Gasteiger partial charge on any atom is -0.457 e. The largest absolute Gasteiger partial charge is 0.457 e. The van der Waals surface area contributed by atoms with Gasteiger partial charge in [0.15, 0.2) is 0 Å². The lowest BCUT2D eigenvalue weighted by Crippen LogP contribution is -2.25. The van der Waals surface area contributed by atoms with Gasteiger partial charge in [-0.1, -0.05) is 79.7 Å². The molecule has 0 unspecified atom stereocenters. The Labute approximate surface area is 172 Å². The minimum absolute atomic E-state index is 0.0433. The van der Waals surface area contributed by atoms with Crippen molar-refractivity contribution in [3.05, 3.63) is 58.7 Å². The van der Waals surface area contributed by atoms with Crippen molar-refractivity contribution in [3.63, 3.8) is 0 Å². The molecule has 0 saturated heterocycles. The molecule has 3 rings (SSSR count). The second kappa shape index (κ2) is 7.25. The van der Waals surface area contributed by atoms with E-state index in [1.165, 1.54) is 35.1 Å². The summed E-state index contributed by atoms with van der Waals surface area (Å²) in [6.07, 6.45) is 4.62. The Morgan fingerprint density at radius 1 is 0.679 bits per heavy atom. The van der Waals surface area contributed by atoms with Crippen molar-refractivity contribution >= 4 is 0 Å². The van der Waals surface area contributed by atoms with E-state index < -0.39 is 0 Å². The van der Waals surface area contributed by atoms with Crippen LogP contribution in [0.25, 0.3) is 0 Å². The second-order valence-corrected chi connectivity index (χ2v) is 11.5. The first-order valence-corrected chi connectivity index (χ1v) is 10.8. The first-order chi connectivity index (χ1) is 12.9. The highest BCUT2D eigenvalue weighted by atomic mass is 16.5. The zero-order chi connectivity index (χ0) is 20.7.